The Balaban J connectivity index is 2.28. The SMILES string of the molecule is COc1nc(N(C)CCCCCl)nc2ccccc12. The highest BCUT2D eigenvalue weighted by molar-refractivity contribution is 6.17. The molecule has 2 rings (SSSR count). The van der Waals surface area contributed by atoms with Gasteiger partial charge in [-0.3, -0.25) is 0 Å². The first-order chi connectivity index (χ1) is 9.26. The Bertz CT molecular complexity index is 547. The number of aromatic nitrogens is 2. The van der Waals surface area contributed by atoms with Crippen LogP contribution in [0.4, 0.5) is 5.95 Å². The van der Waals surface area contributed by atoms with Gasteiger partial charge in [0.2, 0.25) is 11.8 Å². The molecule has 2 aromatic rings. The van der Waals surface area contributed by atoms with E-state index in [0.717, 1.165) is 30.3 Å². The third-order valence-corrected chi connectivity index (χ3v) is 3.24. The number of nitrogens with zero attached hydrogens (tertiary/aromatic N) is 3. The number of hydrogen-bond donors (Lipinski definition) is 0. The standard InChI is InChI=1S/C14H18ClN3O/c1-18(10-6-5-9-15)14-16-12-8-4-3-7-11(12)13(17-14)19-2/h3-4,7-8H,5-6,9-10H2,1-2H3. The first-order valence-electron chi connectivity index (χ1n) is 6.34. The van der Waals surface area contributed by atoms with E-state index >= 15 is 0 Å². The highest BCUT2D eigenvalue weighted by Gasteiger charge is 2.10. The molecule has 1 heterocycles. The normalized spacial score (nSPS) is 10.7. The topological polar surface area (TPSA) is 38.2 Å². The highest BCUT2D eigenvalue weighted by Crippen LogP contribution is 2.24. The van der Waals surface area contributed by atoms with Crippen molar-refractivity contribution in [1.29, 1.82) is 0 Å². The van der Waals surface area contributed by atoms with Crippen molar-refractivity contribution >= 4 is 28.5 Å². The van der Waals surface area contributed by atoms with E-state index in [-0.39, 0.29) is 0 Å². The highest BCUT2D eigenvalue weighted by atomic mass is 35.5. The van der Waals surface area contributed by atoms with Gasteiger partial charge in [-0.25, -0.2) is 4.98 Å². The lowest BCUT2D eigenvalue weighted by Gasteiger charge is -2.18. The van der Waals surface area contributed by atoms with E-state index in [0.29, 0.717) is 17.7 Å². The Morgan fingerprint density at radius 2 is 2.00 bits per heavy atom. The molecule has 19 heavy (non-hydrogen) atoms. The summed E-state index contributed by atoms with van der Waals surface area (Å²) in [7, 11) is 3.61. The van der Waals surface area contributed by atoms with Gasteiger partial charge in [0.1, 0.15) is 0 Å². The minimum absolute atomic E-state index is 0.616. The fourth-order valence-electron chi connectivity index (χ4n) is 1.91. The van der Waals surface area contributed by atoms with Gasteiger partial charge in [-0.1, -0.05) is 12.1 Å². The first-order valence-corrected chi connectivity index (χ1v) is 6.87. The second-order valence-electron chi connectivity index (χ2n) is 4.37. The number of para-hydroxylation sites is 1. The molecule has 0 unspecified atom stereocenters. The van der Waals surface area contributed by atoms with Gasteiger partial charge < -0.3 is 9.64 Å². The van der Waals surface area contributed by atoms with E-state index in [1.807, 2.05) is 36.2 Å². The first kappa shape index (κ1) is 13.9. The fourth-order valence-corrected chi connectivity index (χ4v) is 2.09. The number of unbranched alkanes of at least 4 members (excludes halogenated alkanes) is 1. The summed E-state index contributed by atoms with van der Waals surface area (Å²) in [5.41, 5.74) is 0.897. The van der Waals surface area contributed by atoms with Crippen LogP contribution in [-0.4, -0.2) is 36.6 Å². The summed E-state index contributed by atoms with van der Waals surface area (Å²) in [6, 6.07) is 7.85. The molecule has 0 saturated carbocycles. The summed E-state index contributed by atoms with van der Waals surface area (Å²) >= 11 is 5.69. The van der Waals surface area contributed by atoms with Gasteiger partial charge in [-0.15, -0.1) is 11.6 Å². The van der Waals surface area contributed by atoms with Gasteiger partial charge in [0.25, 0.3) is 0 Å². The zero-order valence-electron chi connectivity index (χ0n) is 11.3. The fraction of sp³-hybridized carbons (Fsp3) is 0.429. The molecule has 0 bridgehead atoms. The van der Waals surface area contributed by atoms with E-state index in [1.165, 1.54) is 0 Å². The van der Waals surface area contributed by atoms with Crippen molar-refractivity contribution in [3.8, 4) is 5.88 Å². The second kappa shape index (κ2) is 6.57. The molecular weight excluding hydrogens is 262 g/mol. The number of alkyl halides is 1. The molecule has 0 saturated heterocycles. The van der Waals surface area contributed by atoms with Crippen LogP contribution in [0.3, 0.4) is 0 Å². The van der Waals surface area contributed by atoms with E-state index in [4.69, 9.17) is 16.3 Å². The maximum Gasteiger partial charge on any atom is 0.228 e. The number of methoxy groups -OCH3 is 1. The van der Waals surface area contributed by atoms with Gasteiger partial charge in [-0.05, 0) is 25.0 Å². The Morgan fingerprint density at radius 1 is 1.21 bits per heavy atom. The van der Waals surface area contributed by atoms with Gasteiger partial charge >= 0.3 is 0 Å². The van der Waals surface area contributed by atoms with Crippen LogP contribution in [0, 0.1) is 0 Å². The summed E-state index contributed by atoms with van der Waals surface area (Å²) in [6.45, 7) is 0.883. The zero-order valence-corrected chi connectivity index (χ0v) is 12.0. The van der Waals surface area contributed by atoms with Gasteiger partial charge in [0.05, 0.1) is 18.0 Å². The van der Waals surface area contributed by atoms with Crippen LogP contribution >= 0.6 is 11.6 Å². The van der Waals surface area contributed by atoms with Crippen LogP contribution in [0.25, 0.3) is 10.9 Å². The molecule has 0 aliphatic carbocycles. The quantitative estimate of drug-likeness (QED) is 0.602. The Morgan fingerprint density at radius 3 is 2.74 bits per heavy atom. The molecule has 5 heteroatoms. The minimum atomic E-state index is 0.616. The van der Waals surface area contributed by atoms with E-state index in [1.54, 1.807) is 7.11 Å². The molecule has 0 radical (unpaired) electrons. The summed E-state index contributed by atoms with van der Waals surface area (Å²) in [5, 5.41) is 0.933. The zero-order chi connectivity index (χ0) is 13.7. The third kappa shape index (κ3) is 3.26. The molecule has 0 amide bonds. The van der Waals surface area contributed by atoms with Gasteiger partial charge in [0.15, 0.2) is 0 Å². The van der Waals surface area contributed by atoms with Crippen LogP contribution in [-0.2, 0) is 0 Å². The van der Waals surface area contributed by atoms with Crippen molar-refractivity contribution in [2.24, 2.45) is 0 Å². The predicted molar refractivity (Wildman–Crippen MR) is 79.3 cm³/mol. The monoisotopic (exact) mass is 279 g/mol. The van der Waals surface area contributed by atoms with Crippen LogP contribution in [0.15, 0.2) is 24.3 Å². The molecule has 0 atom stereocenters. The Kier molecular flexibility index (Phi) is 4.80. The number of fused-ring (bicyclic) bond motifs is 1. The molecule has 1 aromatic carbocycles. The van der Waals surface area contributed by atoms with Crippen LogP contribution in [0.1, 0.15) is 12.8 Å². The van der Waals surface area contributed by atoms with E-state index < -0.39 is 0 Å². The number of rotatable bonds is 6. The largest absolute Gasteiger partial charge is 0.480 e. The molecule has 0 N–H and O–H groups in total. The lowest BCUT2D eigenvalue weighted by Crippen LogP contribution is -2.21. The summed E-state index contributed by atoms with van der Waals surface area (Å²) in [6.07, 6.45) is 2.02. The smallest absolute Gasteiger partial charge is 0.228 e. The van der Waals surface area contributed by atoms with Crippen molar-refractivity contribution in [2.45, 2.75) is 12.8 Å². The molecule has 102 valence electrons. The number of hydrogen-bond acceptors (Lipinski definition) is 4. The predicted octanol–water partition coefficient (Wildman–Crippen LogP) is 3.09. The minimum Gasteiger partial charge on any atom is -0.480 e. The molecule has 0 spiro atoms. The van der Waals surface area contributed by atoms with Crippen molar-refractivity contribution < 1.29 is 4.74 Å². The number of ether oxygens (including phenoxy) is 1. The summed E-state index contributed by atoms with van der Waals surface area (Å²) in [5.74, 6) is 1.99. The number of anilines is 1. The van der Waals surface area contributed by atoms with Crippen molar-refractivity contribution in [2.75, 3.05) is 31.5 Å². The maximum absolute atomic E-state index is 5.69. The Labute approximate surface area is 118 Å². The van der Waals surface area contributed by atoms with Gasteiger partial charge in [-0.2, -0.15) is 4.98 Å². The Hall–Kier alpha value is -1.55. The molecule has 4 nitrogen and oxygen atoms in total. The maximum atomic E-state index is 5.69. The van der Waals surface area contributed by atoms with Crippen molar-refractivity contribution in [3.63, 3.8) is 0 Å². The van der Waals surface area contributed by atoms with Crippen LogP contribution in [0.5, 0.6) is 5.88 Å². The van der Waals surface area contributed by atoms with Crippen molar-refractivity contribution in [3.05, 3.63) is 24.3 Å². The van der Waals surface area contributed by atoms with E-state index in [2.05, 4.69) is 9.97 Å². The second-order valence-corrected chi connectivity index (χ2v) is 4.75. The molecule has 0 aliphatic heterocycles. The average Bonchev–Trinajstić information content (AvgIpc) is 2.46. The summed E-state index contributed by atoms with van der Waals surface area (Å²) in [4.78, 5) is 11.1. The van der Waals surface area contributed by atoms with Gasteiger partial charge in [0, 0.05) is 19.5 Å². The molecule has 0 aliphatic rings. The summed E-state index contributed by atoms with van der Waals surface area (Å²) < 4.78 is 5.35. The lowest BCUT2D eigenvalue weighted by atomic mass is 10.2. The van der Waals surface area contributed by atoms with E-state index in [9.17, 15) is 0 Å². The molecule has 0 fully saturated rings. The lowest BCUT2D eigenvalue weighted by molar-refractivity contribution is 0.402. The van der Waals surface area contributed by atoms with Crippen LogP contribution in [0.2, 0.25) is 0 Å². The van der Waals surface area contributed by atoms with Crippen molar-refractivity contribution in [1.82, 2.24) is 9.97 Å². The average molecular weight is 280 g/mol. The number of benzene rings is 1. The molecular formula is C14H18ClN3O. The number of halogens is 1. The third-order valence-electron chi connectivity index (χ3n) is 2.97. The van der Waals surface area contributed by atoms with Crippen LogP contribution < -0.4 is 9.64 Å². The molecule has 1 aromatic heterocycles.